The Bertz CT molecular complexity index is 589. The summed E-state index contributed by atoms with van der Waals surface area (Å²) in [5, 5.41) is 0. The highest BCUT2D eigenvalue weighted by Gasteiger charge is 2.37. The second kappa shape index (κ2) is 6.20. The van der Waals surface area contributed by atoms with Crippen LogP contribution in [-0.4, -0.2) is 28.3 Å². The summed E-state index contributed by atoms with van der Waals surface area (Å²) >= 11 is 6.81. The topological polar surface area (TPSA) is 29.5 Å². The van der Waals surface area contributed by atoms with Gasteiger partial charge in [-0.15, -0.1) is 0 Å². The molecule has 0 aromatic heterocycles. The monoisotopic (exact) mass is 319 g/mol. The molecule has 0 spiro atoms. The van der Waals surface area contributed by atoms with Crippen LogP contribution >= 0.6 is 24.0 Å². The number of hydrogen-bond acceptors (Lipinski definition) is 4. The van der Waals surface area contributed by atoms with E-state index in [4.69, 9.17) is 17.0 Å². The maximum absolute atomic E-state index is 12.6. The quantitative estimate of drug-likeness (QED) is 0.625. The van der Waals surface area contributed by atoms with E-state index in [0.717, 1.165) is 29.1 Å². The second-order valence-corrected chi connectivity index (χ2v) is 6.94. The van der Waals surface area contributed by atoms with E-state index >= 15 is 0 Å². The van der Waals surface area contributed by atoms with Crippen LogP contribution in [0, 0.1) is 0 Å². The summed E-state index contributed by atoms with van der Waals surface area (Å²) in [4.78, 5) is 15.1. The number of ether oxygens (including phenoxy) is 1. The third-order valence-electron chi connectivity index (χ3n) is 3.93. The van der Waals surface area contributed by atoms with Crippen LogP contribution in [0.25, 0.3) is 6.08 Å². The average Bonchev–Trinajstić information content (AvgIpc) is 3.09. The minimum Gasteiger partial charge on any atom is -0.497 e. The van der Waals surface area contributed by atoms with Gasteiger partial charge in [0.05, 0.1) is 12.0 Å². The predicted octanol–water partition coefficient (Wildman–Crippen LogP) is 3.84. The Morgan fingerprint density at radius 1 is 1.29 bits per heavy atom. The molecule has 1 aliphatic heterocycles. The molecular formula is C16H17NO2S2. The number of thiocarbonyl (C=S) groups is 1. The third kappa shape index (κ3) is 2.99. The van der Waals surface area contributed by atoms with Crippen molar-refractivity contribution >= 4 is 40.3 Å². The third-order valence-corrected chi connectivity index (χ3v) is 5.26. The summed E-state index contributed by atoms with van der Waals surface area (Å²) in [6.07, 6.45) is 6.44. The first-order valence-corrected chi connectivity index (χ1v) is 8.32. The molecule has 2 fully saturated rings. The molecule has 21 heavy (non-hydrogen) atoms. The molecule has 2 aliphatic rings. The average molecular weight is 319 g/mol. The van der Waals surface area contributed by atoms with Crippen LogP contribution in [0.15, 0.2) is 29.2 Å². The Balaban J connectivity index is 1.80. The van der Waals surface area contributed by atoms with Gasteiger partial charge in [-0.25, -0.2) is 0 Å². The van der Waals surface area contributed by atoms with Gasteiger partial charge in [0, 0.05) is 6.04 Å². The van der Waals surface area contributed by atoms with Crippen LogP contribution in [0.3, 0.4) is 0 Å². The van der Waals surface area contributed by atoms with Crippen molar-refractivity contribution in [1.82, 2.24) is 4.90 Å². The van der Waals surface area contributed by atoms with Crippen molar-refractivity contribution in [2.45, 2.75) is 31.7 Å². The lowest BCUT2D eigenvalue weighted by Crippen LogP contribution is -2.36. The Morgan fingerprint density at radius 2 is 1.95 bits per heavy atom. The van der Waals surface area contributed by atoms with Gasteiger partial charge in [0.15, 0.2) is 0 Å². The van der Waals surface area contributed by atoms with Gasteiger partial charge in [0.1, 0.15) is 10.1 Å². The second-order valence-electron chi connectivity index (χ2n) is 5.26. The smallest absolute Gasteiger partial charge is 0.266 e. The first-order chi connectivity index (χ1) is 10.2. The Labute approximate surface area is 134 Å². The molecule has 1 amide bonds. The maximum atomic E-state index is 12.6. The lowest BCUT2D eigenvalue weighted by atomic mass is 10.2. The van der Waals surface area contributed by atoms with E-state index in [0.29, 0.717) is 10.4 Å². The van der Waals surface area contributed by atoms with Gasteiger partial charge in [-0.05, 0) is 36.6 Å². The Morgan fingerprint density at radius 3 is 2.57 bits per heavy atom. The zero-order chi connectivity index (χ0) is 14.8. The summed E-state index contributed by atoms with van der Waals surface area (Å²) in [5.74, 6) is 0.873. The summed E-state index contributed by atoms with van der Waals surface area (Å²) in [6.45, 7) is 0. The van der Waals surface area contributed by atoms with E-state index in [1.165, 1.54) is 24.6 Å². The summed E-state index contributed by atoms with van der Waals surface area (Å²) < 4.78 is 5.84. The zero-order valence-electron chi connectivity index (χ0n) is 11.9. The fraction of sp³-hybridized carbons (Fsp3) is 0.375. The highest BCUT2D eigenvalue weighted by molar-refractivity contribution is 8.26. The van der Waals surface area contributed by atoms with Crippen molar-refractivity contribution in [1.29, 1.82) is 0 Å². The molecule has 110 valence electrons. The van der Waals surface area contributed by atoms with Crippen molar-refractivity contribution in [2.75, 3.05) is 7.11 Å². The van der Waals surface area contributed by atoms with Crippen LogP contribution in [0.5, 0.6) is 5.75 Å². The highest BCUT2D eigenvalue weighted by Crippen LogP contribution is 2.37. The van der Waals surface area contributed by atoms with Gasteiger partial charge in [0.25, 0.3) is 5.91 Å². The van der Waals surface area contributed by atoms with Crippen molar-refractivity contribution in [2.24, 2.45) is 0 Å². The molecule has 3 rings (SSSR count). The van der Waals surface area contributed by atoms with Crippen LogP contribution in [-0.2, 0) is 4.79 Å². The lowest BCUT2D eigenvalue weighted by Gasteiger charge is -2.21. The molecule has 0 unspecified atom stereocenters. The van der Waals surface area contributed by atoms with E-state index in [1.807, 2.05) is 35.2 Å². The molecular weight excluding hydrogens is 302 g/mol. The number of rotatable bonds is 3. The summed E-state index contributed by atoms with van der Waals surface area (Å²) in [7, 11) is 1.64. The minimum absolute atomic E-state index is 0.0627. The number of carbonyl (C=O) groups excluding carboxylic acids is 1. The number of methoxy groups -OCH3 is 1. The van der Waals surface area contributed by atoms with Crippen LogP contribution in [0.1, 0.15) is 31.2 Å². The molecule has 1 heterocycles. The number of carbonyl (C=O) groups is 1. The molecule has 1 aromatic rings. The predicted molar refractivity (Wildman–Crippen MR) is 90.3 cm³/mol. The first kappa shape index (κ1) is 14.6. The number of amides is 1. The van der Waals surface area contributed by atoms with Crippen LogP contribution in [0.2, 0.25) is 0 Å². The number of benzene rings is 1. The van der Waals surface area contributed by atoms with Gasteiger partial charge < -0.3 is 4.74 Å². The molecule has 0 radical (unpaired) electrons. The summed E-state index contributed by atoms with van der Waals surface area (Å²) in [6, 6.07) is 7.98. The number of hydrogen-bond donors (Lipinski definition) is 0. The Kier molecular flexibility index (Phi) is 4.31. The largest absolute Gasteiger partial charge is 0.497 e. The zero-order valence-corrected chi connectivity index (χ0v) is 13.5. The van der Waals surface area contributed by atoms with Crippen molar-refractivity contribution in [3.8, 4) is 5.75 Å². The van der Waals surface area contributed by atoms with Crippen LogP contribution in [0.4, 0.5) is 0 Å². The minimum atomic E-state index is 0.0627. The normalized spacial score (nSPS) is 21.6. The highest BCUT2D eigenvalue weighted by atomic mass is 32.2. The first-order valence-electron chi connectivity index (χ1n) is 7.10. The molecule has 5 heteroatoms. The standard InChI is InChI=1S/C16H17NO2S2/c1-19-13-8-6-11(7-9-13)10-14-15(18)17(16(20)21-14)12-4-2-3-5-12/h6-10,12H,2-5H2,1H3/b14-10-. The maximum Gasteiger partial charge on any atom is 0.266 e. The van der Waals surface area contributed by atoms with E-state index in [2.05, 4.69) is 0 Å². The SMILES string of the molecule is COc1ccc(/C=C2\SC(=S)N(C3CCCC3)C2=O)cc1. The van der Waals surface area contributed by atoms with Gasteiger partial charge in [-0.3, -0.25) is 9.69 Å². The fourth-order valence-corrected chi connectivity index (χ4v) is 4.21. The molecule has 1 aliphatic carbocycles. The number of thioether (sulfide) groups is 1. The Hall–Kier alpha value is -1.33. The molecule has 1 saturated carbocycles. The molecule has 0 bridgehead atoms. The molecule has 0 N–H and O–H groups in total. The van der Waals surface area contributed by atoms with Crippen molar-refractivity contribution < 1.29 is 9.53 Å². The van der Waals surface area contributed by atoms with Gasteiger partial charge in [-0.1, -0.05) is 49.0 Å². The van der Waals surface area contributed by atoms with Crippen molar-refractivity contribution in [3.63, 3.8) is 0 Å². The van der Waals surface area contributed by atoms with Crippen LogP contribution < -0.4 is 4.74 Å². The van der Waals surface area contributed by atoms with Crippen molar-refractivity contribution in [3.05, 3.63) is 34.7 Å². The number of nitrogens with zero attached hydrogens (tertiary/aromatic N) is 1. The molecule has 1 saturated heterocycles. The van der Waals surface area contributed by atoms with Gasteiger partial charge in [0.2, 0.25) is 0 Å². The summed E-state index contributed by atoms with van der Waals surface area (Å²) in [5.41, 5.74) is 0.989. The molecule has 1 aromatic carbocycles. The van der Waals surface area contributed by atoms with E-state index in [9.17, 15) is 4.79 Å². The lowest BCUT2D eigenvalue weighted by molar-refractivity contribution is -0.123. The molecule has 0 atom stereocenters. The van der Waals surface area contributed by atoms with Gasteiger partial charge in [-0.2, -0.15) is 0 Å². The van der Waals surface area contributed by atoms with Gasteiger partial charge >= 0.3 is 0 Å². The fourth-order valence-electron chi connectivity index (χ4n) is 2.81. The molecule has 3 nitrogen and oxygen atoms in total. The van der Waals surface area contributed by atoms with E-state index < -0.39 is 0 Å². The van der Waals surface area contributed by atoms with E-state index in [-0.39, 0.29) is 5.91 Å². The van der Waals surface area contributed by atoms with E-state index in [1.54, 1.807) is 7.11 Å².